The Bertz CT molecular complexity index is 1240. The molecule has 0 bridgehead atoms. The number of benzene rings is 2. The number of alkyl halides is 3. The predicted octanol–water partition coefficient (Wildman–Crippen LogP) is 7.26. The van der Waals surface area contributed by atoms with Crippen LogP contribution in [0.15, 0.2) is 87.7 Å². The summed E-state index contributed by atoms with van der Waals surface area (Å²) in [6.45, 7) is 0. The highest BCUT2D eigenvalue weighted by molar-refractivity contribution is 6.05. The molecular weight excluding hydrogens is 412 g/mol. The smallest absolute Gasteiger partial charge is 0.416 e. The molecule has 7 heteroatoms. The van der Waals surface area contributed by atoms with Crippen molar-refractivity contribution in [2.45, 2.75) is 6.18 Å². The minimum Gasteiger partial charge on any atom is -0.457 e. The van der Waals surface area contributed by atoms with E-state index in [1.54, 1.807) is 12.1 Å². The van der Waals surface area contributed by atoms with Gasteiger partial charge in [0, 0.05) is 11.1 Å². The number of carbonyl (C=O) groups is 1. The molecule has 156 valence electrons. The maximum atomic E-state index is 13.0. The van der Waals surface area contributed by atoms with Crippen LogP contribution in [0.2, 0.25) is 0 Å². The molecule has 3 nitrogen and oxygen atoms in total. The number of carbonyl (C=O) groups excluding carboxylic acids is 1. The van der Waals surface area contributed by atoms with Crippen LogP contribution in [-0.2, 0) is 6.18 Å². The third-order valence-electron chi connectivity index (χ3n) is 4.48. The Morgan fingerprint density at radius 1 is 0.806 bits per heavy atom. The van der Waals surface area contributed by atoms with Gasteiger partial charge in [-0.15, -0.1) is 0 Å². The average Bonchev–Trinajstić information content (AvgIpc) is 3.42. The van der Waals surface area contributed by atoms with Crippen molar-refractivity contribution in [1.29, 1.82) is 0 Å². The van der Waals surface area contributed by atoms with E-state index in [9.17, 15) is 22.4 Å². The van der Waals surface area contributed by atoms with Gasteiger partial charge >= 0.3 is 6.18 Å². The fourth-order valence-corrected chi connectivity index (χ4v) is 2.93. The summed E-state index contributed by atoms with van der Waals surface area (Å²) in [7, 11) is 0. The molecule has 0 aliphatic heterocycles. The molecule has 4 rings (SSSR count). The molecule has 31 heavy (non-hydrogen) atoms. The van der Waals surface area contributed by atoms with E-state index in [-0.39, 0.29) is 22.9 Å². The highest BCUT2D eigenvalue weighted by atomic mass is 19.4. The monoisotopic (exact) mass is 426 g/mol. The Hall–Kier alpha value is -3.87. The first kappa shape index (κ1) is 20.4. The van der Waals surface area contributed by atoms with Crippen LogP contribution in [0, 0.1) is 5.82 Å². The first-order valence-corrected chi connectivity index (χ1v) is 9.15. The van der Waals surface area contributed by atoms with Crippen molar-refractivity contribution < 1.29 is 31.2 Å². The summed E-state index contributed by atoms with van der Waals surface area (Å²) in [5.74, 6) is 0.241. The molecule has 0 fully saturated rings. The van der Waals surface area contributed by atoms with Crippen LogP contribution < -0.4 is 0 Å². The molecule has 0 atom stereocenters. The van der Waals surface area contributed by atoms with E-state index in [2.05, 4.69) is 0 Å². The summed E-state index contributed by atoms with van der Waals surface area (Å²) in [5, 5.41) is 0. The van der Waals surface area contributed by atoms with E-state index in [0.717, 1.165) is 12.1 Å². The predicted molar refractivity (Wildman–Crippen MR) is 107 cm³/mol. The van der Waals surface area contributed by atoms with Gasteiger partial charge in [-0.25, -0.2) is 4.39 Å². The topological polar surface area (TPSA) is 43.4 Å². The molecule has 2 heterocycles. The molecule has 2 aromatic heterocycles. The fraction of sp³-hybridized carbons (Fsp3) is 0.0417. The van der Waals surface area contributed by atoms with Crippen molar-refractivity contribution in [2.75, 3.05) is 0 Å². The molecular formula is C24H14F4O3. The fourth-order valence-electron chi connectivity index (χ4n) is 2.93. The highest BCUT2D eigenvalue weighted by Gasteiger charge is 2.30. The second-order valence-electron chi connectivity index (χ2n) is 6.65. The van der Waals surface area contributed by atoms with E-state index in [1.165, 1.54) is 60.7 Å². The molecule has 0 saturated heterocycles. The maximum Gasteiger partial charge on any atom is 0.416 e. The van der Waals surface area contributed by atoms with Crippen molar-refractivity contribution in [2.24, 2.45) is 0 Å². The number of furan rings is 2. The highest BCUT2D eigenvalue weighted by Crippen LogP contribution is 2.32. The van der Waals surface area contributed by atoms with Gasteiger partial charge in [0.1, 0.15) is 23.1 Å². The molecule has 0 radical (unpaired) electrons. The minimum atomic E-state index is -4.45. The Balaban J connectivity index is 1.48. The molecule has 2 aromatic carbocycles. The van der Waals surface area contributed by atoms with Crippen molar-refractivity contribution in [3.05, 3.63) is 102 Å². The lowest BCUT2D eigenvalue weighted by atomic mass is 10.1. The number of hydrogen-bond acceptors (Lipinski definition) is 3. The van der Waals surface area contributed by atoms with Crippen molar-refractivity contribution in [3.8, 4) is 22.6 Å². The van der Waals surface area contributed by atoms with Gasteiger partial charge in [0.2, 0.25) is 5.78 Å². The molecule has 0 aliphatic carbocycles. The second-order valence-corrected chi connectivity index (χ2v) is 6.65. The standard InChI is InChI=1S/C24H14F4O3/c25-18-6-4-15(5-7-18)21-12-13-23(31-21)20(29)10-8-19-9-11-22(30-19)16-2-1-3-17(14-16)24(26,27)28/h1-14H. The van der Waals surface area contributed by atoms with E-state index in [1.807, 2.05) is 0 Å². The van der Waals surface area contributed by atoms with Crippen molar-refractivity contribution in [3.63, 3.8) is 0 Å². The third kappa shape index (κ3) is 4.66. The quantitative estimate of drug-likeness (QED) is 0.192. The molecule has 0 amide bonds. The number of rotatable bonds is 5. The molecule has 4 aromatic rings. The lowest BCUT2D eigenvalue weighted by Crippen LogP contribution is -2.04. The summed E-state index contributed by atoms with van der Waals surface area (Å²) in [4.78, 5) is 12.3. The van der Waals surface area contributed by atoms with Crippen LogP contribution in [-0.4, -0.2) is 5.78 Å². The van der Waals surface area contributed by atoms with E-state index in [4.69, 9.17) is 8.83 Å². The summed E-state index contributed by atoms with van der Waals surface area (Å²) in [6, 6.07) is 16.6. The van der Waals surface area contributed by atoms with Crippen LogP contribution in [0.3, 0.4) is 0 Å². The van der Waals surface area contributed by atoms with Gasteiger partial charge in [0.25, 0.3) is 0 Å². The van der Waals surface area contributed by atoms with Gasteiger partial charge in [0.05, 0.1) is 5.56 Å². The second kappa shape index (κ2) is 8.10. The van der Waals surface area contributed by atoms with Crippen LogP contribution in [0.1, 0.15) is 21.9 Å². The first-order valence-electron chi connectivity index (χ1n) is 9.15. The van der Waals surface area contributed by atoms with Crippen molar-refractivity contribution >= 4 is 11.9 Å². The number of ketones is 1. The van der Waals surface area contributed by atoms with Gasteiger partial charge in [-0.05, 0) is 72.8 Å². The van der Waals surface area contributed by atoms with Gasteiger partial charge < -0.3 is 8.83 Å². The van der Waals surface area contributed by atoms with Crippen molar-refractivity contribution in [1.82, 2.24) is 0 Å². The Morgan fingerprint density at radius 2 is 1.52 bits per heavy atom. The number of hydrogen-bond donors (Lipinski definition) is 0. The molecule has 0 N–H and O–H groups in total. The lowest BCUT2D eigenvalue weighted by Gasteiger charge is -2.07. The maximum absolute atomic E-state index is 13.0. The zero-order valence-electron chi connectivity index (χ0n) is 15.8. The molecule has 0 spiro atoms. The Labute approximate surface area is 174 Å². The third-order valence-corrected chi connectivity index (χ3v) is 4.48. The minimum absolute atomic E-state index is 0.0835. The molecule has 0 unspecified atom stereocenters. The summed E-state index contributed by atoms with van der Waals surface area (Å²) in [5.41, 5.74) is 0.125. The Kier molecular flexibility index (Phi) is 5.33. The summed E-state index contributed by atoms with van der Waals surface area (Å²) in [6.07, 6.45) is -1.81. The van der Waals surface area contributed by atoms with Crippen LogP contribution in [0.5, 0.6) is 0 Å². The summed E-state index contributed by atoms with van der Waals surface area (Å²) < 4.78 is 62.7. The normalized spacial score (nSPS) is 11.9. The lowest BCUT2D eigenvalue weighted by molar-refractivity contribution is -0.137. The van der Waals surface area contributed by atoms with Crippen LogP contribution in [0.25, 0.3) is 28.7 Å². The Morgan fingerprint density at radius 3 is 2.26 bits per heavy atom. The number of halogens is 4. The first-order chi connectivity index (χ1) is 14.8. The van der Waals surface area contributed by atoms with E-state index < -0.39 is 17.5 Å². The van der Waals surface area contributed by atoms with Gasteiger partial charge in [-0.2, -0.15) is 13.2 Å². The van der Waals surface area contributed by atoms with Gasteiger partial charge in [-0.1, -0.05) is 12.1 Å². The van der Waals surface area contributed by atoms with Crippen LogP contribution >= 0.6 is 0 Å². The SMILES string of the molecule is O=C(C=Cc1ccc(-c2cccc(C(F)(F)F)c2)o1)c1ccc(-c2ccc(F)cc2)o1. The molecule has 0 aliphatic rings. The largest absolute Gasteiger partial charge is 0.457 e. The van der Waals surface area contributed by atoms with Gasteiger partial charge in [0.15, 0.2) is 5.76 Å². The number of allylic oxidation sites excluding steroid dienone is 1. The summed E-state index contributed by atoms with van der Waals surface area (Å²) >= 11 is 0. The van der Waals surface area contributed by atoms with Crippen LogP contribution in [0.4, 0.5) is 17.6 Å². The zero-order chi connectivity index (χ0) is 22.0. The van der Waals surface area contributed by atoms with E-state index >= 15 is 0 Å². The molecule has 0 saturated carbocycles. The average molecular weight is 426 g/mol. The van der Waals surface area contributed by atoms with E-state index in [0.29, 0.717) is 17.1 Å². The zero-order valence-corrected chi connectivity index (χ0v) is 15.8. The van der Waals surface area contributed by atoms with Gasteiger partial charge in [-0.3, -0.25) is 4.79 Å².